The van der Waals surface area contributed by atoms with Crippen molar-refractivity contribution < 1.29 is 4.79 Å². The second-order valence-electron chi connectivity index (χ2n) is 3.88. The van der Waals surface area contributed by atoms with Gasteiger partial charge in [-0.1, -0.05) is 0 Å². The van der Waals surface area contributed by atoms with E-state index < -0.39 is 0 Å². The smallest absolute Gasteiger partial charge is 0.120 e. The number of piperidine rings is 1. The van der Waals surface area contributed by atoms with Crippen molar-refractivity contribution in [1.82, 2.24) is 5.32 Å². The molecule has 62 valence electrons. The molecule has 0 aromatic rings. The van der Waals surface area contributed by atoms with Gasteiger partial charge in [0.2, 0.25) is 0 Å². The van der Waals surface area contributed by atoms with Crippen LogP contribution in [0.3, 0.4) is 0 Å². The summed E-state index contributed by atoms with van der Waals surface area (Å²) in [6, 6.07) is 1.47. The zero-order valence-electron chi connectivity index (χ0n) is 6.75. The van der Waals surface area contributed by atoms with E-state index in [1.807, 2.05) is 0 Å². The fourth-order valence-electron chi connectivity index (χ4n) is 2.50. The molecule has 1 N–H and O–H groups in total. The van der Waals surface area contributed by atoms with Crippen LogP contribution in [0.5, 0.6) is 0 Å². The summed E-state index contributed by atoms with van der Waals surface area (Å²) < 4.78 is 0. The molecule has 2 unspecified atom stereocenters. The molecule has 11 heavy (non-hydrogen) atoms. The maximum atomic E-state index is 10.3. The second kappa shape index (κ2) is 2.94. The van der Waals surface area contributed by atoms with Crippen LogP contribution in [0.1, 0.15) is 32.1 Å². The Labute approximate surface area is 67.4 Å². The molecule has 2 aliphatic heterocycles. The van der Waals surface area contributed by atoms with Gasteiger partial charge in [0.15, 0.2) is 0 Å². The van der Waals surface area contributed by atoms with Crippen molar-refractivity contribution in [2.75, 3.05) is 0 Å². The first-order valence-corrected chi connectivity index (χ1v) is 4.58. The molecular weight excluding hydrogens is 138 g/mol. The van der Waals surface area contributed by atoms with Crippen molar-refractivity contribution >= 4 is 6.29 Å². The van der Waals surface area contributed by atoms with Gasteiger partial charge in [-0.15, -0.1) is 0 Å². The molecule has 0 saturated carbocycles. The lowest BCUT2D eigenvalue weighted by molar-refractivity contribution is -0.108. The Hall–Kier alpha value is -0.370. The third-order valence-electron chi connectivity index (χ3n) is 3.00. The lowest BCUT2D eigenvalue weighted by Crippen LogP contribution is -2.38. The van der Waals surface area contributed by atoms with Gasteiger partial charge in [0.1, 0.15) is 6.29 Å². The minimum absolute atomic E-state index is 0.686. The summed E-state index contributed by atoms with van der Waals surface area (Å²) in [5.41, 5.74) is 0. The monoisotopic (exact) mass is 153 g/mol. The summed E-state index contributed by atoms with van der Waals surface area (Å²) in [6.45, 7) is 0. The average molecular weight is 153 g/mol. The van der Waals surface area contributed by atoms with Crippen LogP contribution >= 0.6 is 0 Å². The first-order valence-electron chi connectivity index (χ1n) is 4.58. The fourth-order valence-corrected chi connectivity index (χ4v) is 2.50. The SMILES string of the molecule is O=CCC1CC2CCC(C1)N2. The first-order chi connectivity index (χ1) is 5.38. The lowest BCUT2D eigenvalue weighted by Gasteiger charge is -2.27. The highest BCUT2D eigenvalue weighted by atomic mass is 16.1. The van der Waals surface area contributed by atoms with Crippen LogP contribution in [-0.4, -0.2) is 18.4 Å². The predicted molar refractivity (Wildman–Crippen MR) is 43.4 cm³/mol. The Balaban J connectivity index is 1.91. The molecule has 2 bridgehead atoms. The first kappa shape index (κ1) is 7.29. The summed E-state index contributed by atoms with van der Waals surface area (Å²) in [5, 5.41) is 3.56. The molecule has 2 aliphatic rings. The van der Waals surface area contributed by atoms with E-state index in [-0.39, 0.29) is 0 Å². The summed E-state index contributed by atoms with van der Waals surface area (Å²) in [5.74, 6) is 0.686. The molecule has 2 heterocycles. The third kappa shape index (κ3) is 1.45. The molecular formula is C9H15NO. The van der Waals surface area contributed by atoms with E-state index >= 15 is 0 Å². The Morgan fingerprint density at radius 1 is 1.27 bits per heavy atom. The molecule has 2 nitrogen and oxygen atoms in total. The van der Waals surface area contributed by atoms with E-state index in [1.165, 1.54) is 25.7 Å². The third-order valence-corrected chi connectivity index (χ3v) is 3.00. The van der Waals surface area contributed by atoms with Gasteiger partial charge in [-0.05, 0) is 31.6 Å². The van der Waals surface area contributed by atoms with Crippen molar-refractivity contribution in [3.05, 3.63) is 0 Å². The topological polar surface area (TPSA) is 29.1 Å². The van der Waals surface area contributed by atoms with Gasteiger partial charge < -0.3 is 10.1 Å². The van der Waals surface area contributed by atoms with Gasteiger partial charge in [0.05, 0.1) is 0 Å². The van der Waals surface area contributed by atoms with Crippen LogP contribution < -0.4 is 5.32 Å². The number of carbonyl (C=O) groups excluding carboxylic acids is 1. The Morgan fingerprint density at radius 2 is 1.91 bits per heavy atom. The van der Waals surface area contributed by atoms with Gasteiger partial charge in [-0.25, -0.2) is 0 Å². The zero-order chi connectivity index (χ0) is 7.68. The highest BCUT2D eigenvalue weighted by Gasteiger charge is 2.32. The van der Waals surface area contributed by atoms with Crippen molar-refractivity contribution in [2.45, 2.75) is 44.2 Å². The quantitative estimate of drug-likeness (QED) is 0.602. The Kier molecular flexibility index (Phi) is 1.95. The minimum atomic E-state index is 0.686. The predicted octanol–water partition coefficient (Wildman–Crippen LogP) is 1.11. The number of rotatable bonds is 2. The van der Waals surface area contributed by atoms with E-state index in [0.29, 0.717) is 5.92 Å². The lowest BCUT2D eigenvalue weighted by atomic mass is 9.90. The molecule has 0 radical (unpaired) electrons. The van der Waals surface area contributed by atoms with Crippen LogP contribution in [0, 0.1) is 5.92 Å². The Morgan fingerprint density at radius 3 is 2.45 bits per heavy atom. The maximum absolute atomic E-state index is 10.3. The zero-order valence-corrected chi connectivity index (χ0v) is 6.75. The van der Waals surface area contributed by atoms with E-state index in [4.69, 9.17) is 0 Å². The molecule has 0 aromatic carbocycles. The van der Waals surface area contributed by atoms with Gasteiger partial charge >= 0.3 is 0 Å². The largest absolute Gasteiger partial charge is 0.311 e. The second-order valence-corrected chi connectivity index (χ2v) is 3.88. The van der Waals surface area contributed by atoms with E-state index in [2.05, 4.69) is 5.32 Å². The number of aldehydes is 1. The van der Waals surface area contributed by atoms with Crippen LogP contribution in [0.15, 0.2) is 0 Å². The average Bonchev–Trinajstić information content (AvgIpc) is 2.32. The van der Waals surface area contributed by atoms with Crippen LogP contribution in [0.2, 0.25) is 0 Å². The van der Waals surface area contributed by atoms with Crippen LogP contribution in [-0.2, 0) is 4.79 Å². The van der Waals surface area contributed by atoms with Gasteiger partial charge in [-0.3, -0.25) is 0 Å². The number of fused-ring (bicyclic) bond motifs is 2. The molecule has 2 atom stereocenters. The van der Waals surface area contributed by atoms with Crippen LogP contribution in [0.25, 0.3) is 0 Å². The van der Waals surface area contributed by atoms with Gasteiger partial charge in [0.25, 0.3) is 0 Å². The summed E-state index contributed by atoms with van der Waals surface area (Å²) in [6.07, 6.45) is 6.99. The summed E-state index contributed by atoms with van der Waals surface area (Å²) >= 11 is 0. The standard InChI is InChI=1S/C9H15NO/c11-4-3-7-5-8-1-2-9(6-7)10-8/h4,7-10H,1-3,5-6H2. The number of hydrogen-bond acceptors (Lipinski definition) is 2. The van der Waals surface area contributed by atoms with Gasteiger partial charge in [0, 0.05) is 18.5 Å². The molecule has 0 aliphatic carbocycles. The number of nitrogens with one attached hydrogen (secondary N) is 1. The fraction of sp³-hybridized carbons (Fsp3) is 0.889. The molecule has 2 rings (SSSR count). The molecule has 0 amide bonds. The van der Waals surface area contributed by atoms with Crippen molar-refractivity contribution in [3.8, 4) is 0 Å². The number of carbonyl (C=O) groups is 1. The summed E-state index contributed by atoms with van der Waals surface area (Å²) in [4.78, 5) is 10.3. The minimum Gasteiger partial charge on any atom is -0.311 e. The highest BCUT2D eigenvalue weighted by molar-refractivity contribution is 5.49. The summed E-state index contributed by atoms with van der Waals surface area (Å²) in [7, 11) is 0. The van der Waals surface area contributed by atoms with Gasteiger partial charge in [-0.2, -0.15) is 0 Å². The van der Waals surface area contributed by atoms with Crippen molar-refractivity contribution in [3.63, 3.8) is 0 Å². The van der Waals surface area contributed by atoms with E-state index in [0.717, 1.165) is 24.8 Å². The van der Waals surface area contributed by atoms with Crippen LogP contribution in [0.4, 0.5) is 0 Å². The molecule has 2 heteroatoms. The van der Waals surface area contributed by atoms with Crippen molar-refractivity contribution in [2.24, 2.45) is 5.92 Å². The van der Waals surface area contributed by atoms with E-state index in [9.17, 15) is 4.79 Å². The normalized spacial score (nSPS) is 42.4. The Bertz CT molecular complexity index is 146. The highest BCUT2D eigenvalue weighted by Crippen LogP contribution is 2.31. The molecule has 2 fully saturated rings. The molecule has 0 spiro atoms. The molecule has 2 saturated heterocycles. The number of hydrogen-bond donors (Lipinski definition) is 1. The molecule has 0 aromatic heterocycles. The van der Waals surface area contributed by atoms with E-state index in [1.54, 1.807) is 0 Å². The van der Waals surface area contributed by atoms with Crippen molar-refractivity contribution in [1.29, 1.82) is 0 Å². The maximum Gasteiger partial charge on any atom is 0.120 e.